The van der Waals surface area contributed by atoms with Crippen LogP contribution in [0.5, 0.6) is 0 Å². The highest BCUT2D eigenvalue weighted by molar-refractivity contribution is 6.33. The Kier molecular flexibility index (Phi) is 4.51. The van der Waals surface area contributed by atoms with Gasteiger partial charge in [0.25, 0.3) is 0 Å². The molecule has 0 radical (unpaired) electrons. The lowest BCUT2D eigenvalue weighted by molar-refractivity contribution is 0.461. The molecule has 5 rings (SSSR count). The number of hydrogen-bond donors (Lipinski definition) is 2. The fourth-order valence-corrected chi connectivity index (χ4v) is 4.70. The number of nitrogens with two attached hydrogens (primary N) is 2. The van der Waals surface area contributed by atoms with E-state index in [0.717, 1.165) is 28.4 Å². The van der Waals surface area contributed by atoms with Crippen LogP contribution in [0.25, 0.3) is 21.9 Å². The van der Waals surface area contributed by atoms with E-state index in [1.54, 1.807) is 6.20 Å². The van der Waals surface area contributed by atoms with Crippen LogP contribution in [0.1, 0.15) is 37.3 Å². The average Bonchev–Trinajstić information content (AvgIpc) is 3.33. The lowest BCUT2D eigenvalue weighted by Crippen LogP contribution is -2.06. The molecule has 3 aromatic heterocycles. The highest BCUT2D eigenvalue weighted by Gasteiger charge is 2.26. The van der Waals surface area contributed by atoms with Gasteiger partial charge < -0.3 is 16.0 Å². The number of aromatic nitrogens is 4. The highest BCUT2D eigenvalue weighted by atomic mass is 35.5. The molecule has 0 bridgehead atoms. The molecule has 2 unspecified atom stereocenters. The summed E-state index contributed by atoms with van der Waals surface area (Å²) in [5, 5.41) is 2.58. The predicted molar refractivity (Wildman–Crippen MR) is 118 cm³/mol. The summed E-state index contributed by atoms with van der Waals surface area (Å²) < 4.78 is 2.28. The molecule has 0 saturated heterocycles. The van der Waals surface area contributed by atoms with Crippen LogP contribution in [-0.4, -0.2) is 19.5 Å². The van der Waals surface area contributed by atoms with Gasteiger partial charge >= 0.3 is 0 Å². The van der Waals surface area contributed by atoms with Crippen molar-refractivity contribution < 1.29 is 0 Å². The SMILES string of the molecule is Nc1ncc2ccn(C3CCC(CCc4ccc5cc(Cl)c(N)nc5c4)C3)c2n1. The first kappa shape index (κ1) is 18.2. The van der Waals surface area contributed by atoms with E-state index >= 15 is 0 Å². The fraction of sp³-hybridized carbons (Fsp3) is 0.318. The maximum absolute atomic E-state index is 6.07. The number of anilines is 2. The molecule has 1 aliphatic rings. The highest BCUT2D eigenvalue weighted by Crippen LogP contribution is 2.38. The van der Waals surface area contributed by atoms with Crippen molar-refractivity contribution in [2.75, 3.05) is 11.5 Å². The van der Waals surface area contributed by atoms with E-state index in [0.29, 0.717) is 28.7 Å². The van der Waals surface area contributed by atoms with Gasteiger partial charge in [0.2, 0.25) is 5.95 Å². The predicted octanol–water partition coefficient (Wildman–Crippen LogP) is 4.77. The Balaban J connectivity index is 1.27. The van der Waals surface area contributed by atoms with Crippen LogP contribution in [0.3, 0.4) is 0 Å². The zero-order chi connectivity index (χ0) is 20.0. The number of halogens is 1. The van der Waals surface area contributed by atoms with E-state index in [9.17, 15) is 0 Å². The third-order valence-electron chi connectivity index (χ3n) is 6.08. The largest absolute Gasteiger partial charge is 0.382 e. The zero-order valence-corrected chi connectivity index (χ0v) is 16.8. The van der Waals surface area contributed by atoms with Gasteiger partial charge in [0, 0.05) is 29.2 Å². The number of nitrogens with zero attached hydrogens (tertiary/aromatic N) is 4. The van der Waals surface area contributed by atoms with Crippen molar-refractivity contribution in [2.24, 2.45) is 5.92 Å². The summed E-state index contributed by atoms with van der Waals surface area (Å²) in [4.78, 5) is 13.0. The van der Waals surface area contributed by atoms with Crippen molar-refractivity contribution in [3.05, 3.63) is 53.3 Å². The van der Waals surface area contributed by atoms with Gasteiger partial charge in [-0.05, 0) is 61.8 Å². The summed E-state index contributed by atoms with van der Waals surface area (Å²) in [5.74, 6) is 1.42. The van der Waals surface area contributed by atoms with Gasteiger partial charge in [-0.1, -0.05) is 23.7 Å². The van der Waals surface area contributed by atoms with Crippen LogP contribution in [-0.2, 0) is 6.42 Å². The van der Waals surface area contributed by atoms with Crippen LogP contribution in [0, 0.1) is 5.92 Å². The molecule has 0 aliphatic heterocycles. The van der Waals surface area contributed by atoms with Gasteiger partial charge in [0.05, 0.1) is 10.5 Å². The lowest BCUT2D eigenvalue weighted by atomic mass is 9.97. The Labute approximate surface area is 173 Å². The smallest absolute Gasteiger partial charge is 0.221 e. The first-order valence-corrected chi connectivity index (χ1v) is 10.4. The first-order chi connectivity index (χ1) is 14.1. The minimum Gasteiger partial charge on any atom is -0.382 e. The molecule has 148 valence electrons. The van der Waals surface area contributed by atoms with Crippen molar-refractivity contribution in [3.8, 4) is 0 Å². The maximum Gasteiger partial charge on any atom is 0.221 e. The van der Waals surface area contributed by atoms with Gasteiger partial charge in [-0.25, -0.2) is 9.97 Å². The minimum atomic E-state index is 0.332. The molecule has 3 heterocycles. The quantitative estimate of drug-likeness (QED) is 0.508. The number of aryl methyl sites for hydroxylation is 1. The summed E-state index contributed by atoms with van der Waals surface area (Å²) in [6, 6.07) is 10.8. The van der Waals surface area contributed by atoms with Gasteiger partial charge in [-0.3, -0.25) is 0 Å². The van der Waals surface area contributed by atoms with Crippen LogP contribution in [0.4, 0.5) is 11.8 Å². The second-order valence-corrected chi connectivity index (χ2v) is 8.39. The second-order valence-electron chi connectivity index (χ2n) is 7.98. The molecule has 4 N–H and O–H groups in total. The summed E-state index contributed by atoms with van der Waals surface area (Å²) in [6.45, 7) is 0. The van der Waals surface area contributed by atoms with Crippen molar-refractivity contribution >= 4 is 45.3 Å². The minimum absolute atomic E-state index is 0.332. The topological polar surface area (TPSA) is 95.6 Å². The molecular formula is C22H23ClN6. The van der Waals surface area contributed by atoms with Crippen molar-refractivity contribution in [2.45, 2.75) is 38.1 Å². The van der Waals surface area contributed by atoms with E-state index in [1.165, 1.54) is 31.2 Å². The fourth-order valence-electron chi connectivity index (χ4n) is 4.54. The second kappa shape index (κ2) is 7.19. The molecule has 1 aliphatic carbocycles. The van der Waals surface area contributed by atoms with E-state index in [-0.39, 0.29) is 0 Å². The normalized spacial score (nSPS) is 19.3. The number of nitrogen functional groups attached to an aromatic ring is 2. The molecule has 0 spiro atoms. The molecule has 1 aromatic carbocycles. The Hall–Kier alpha value is -2.86. The molecule has 2 atom stereocenters. The van der Waals surface area contributed by atoms with E-state index in [4.69, 9.17) is 23.1 Å². The molecule has 29 heavy (non-hydrogen) atoms. The number of benzene rings is 1. The summed E-state index contributed by atoms with van der Waals surface area (Å²) in [6.07, 6.45) is 9.71. The van der Waals surface area contributed by atoms with Crippen LogP contribution >= 0.6 is 11.6 Å². The molecule has 1 saturated carbocycles. The monoisotopic (exact) mass is 406 g/mol. The van der Waals surface area contributed by atoms with Gasteiger partial charge in [-0.2, -0.15) is 4.98 Å². The Morgan fingerprint density at radius 1 is 1.07 bits per heavy atom. The number of fused-ring (bicyclic) bond motifs is 2. The zero-order valence-electron chi connectivity index (χ0n) is 16.1. The van der Waals surface area contributed by atoms with Crippen molar-refractivity contribution in [1.82, 2.24) is 19.5 Å². The third kappa shape index (κ3) is 3.49. The van der Waals surface area contributed by atoms with Gasteiger partial charge in [0.1, 0.15) is 11.5 Å². The van der Waals surface area contributed by atoms with Crippen LogP contribution < -0.4 is 11.5 Å². The van der Waals surface area contributed by atoms with Crippen LogP contribution in [0.2, 0.25) is 5.02 Å². The lowest BCUT2D eigenvalue weighted by Gasteiger charge is -2.14. The van der Waals surface area contributed by atoms with Gasteiger partial charge in [0.15, 0.2) is 0 Å². The van der Waals surface area contributed by atoms with E-state index < -0.39 is 0 Å². The molecule has 1 fully saturated rings. The van der Waals surface area contributed by atoms with Crippen molar-refractivity contribution in [1.29, 1.82) is 0 Å². The van der Waals surface area contributed by atoms with Gasteiger partial charge in [-0.15, -0.1) is 0 Å². The van der Waals surface area contributed by atoms with Crippen LogP contribution in [0.15, 0.2) is 42.7 Å². The number of rotatable bonds is 4. The molecule has 6 nitrogen and oxygen atoms in total. The number of hydrogen-bond acceptors (Lipinski definition) is 5. The van der Waals surface area contributed by atoms with E-state index in [2.05, 4.69) is 50.0 Å². The van der Waals surface area contributed by atoms with Crippen molar-refractivity contribution in [3.63, 3.8) is 0 Å². The molecule has 4 aromatic rings. The molecule has 7 heteroatoms. The Morgan fingerprint density at radius 3 is 2.86 bits per heavy atom. The molecule has 0 amide bonds. The average molecular weight is 407 g/mol. The Morgan fingerprint density at radius 2 is 1.97 bits per heavy atom. The Bertz CT molecular complexity index is 1200. The maximum atomic E-state index is 6.07. The summed E-state index contributed by atoms with van der Waals surface area (Å²) in [7, 11) is 0. The first-order valence-electron chi connectivity index (χ1n) is 10.0. The summed E-state index contributed by atoms with van der Waals surface area (Å²) >= 11 is 6.07. The standard InChI is InChI=1S/C22H23ClN6/c23-18-11-15-5-3-14(10-19(15)27-20(18)24)2-1-13-4-6-17(9-13)29-8-7-16-12-26-22(25)28-21(16)29/h3,5,7-8,10-13,17H,1-2,4,6,9H2,(H2,24,27)(H2,25,26,28). The van der Waals surface area contributed by atoms with E-state index in [1.807, 2.05) is 6.07 Å². The summed E-state index contributed by atoms with van der Waals surface area (Å²) in [5.41, 5.74) is 14.8. The molecular weight excluding hydrogens is 384 g/mol. The number of pyridine rings is 1. The third-order valence-corrected chi connectivity index (χ3v) is 6.39.